The number of hydrogen-bond donors (Lipinski definition) is 2. The van der Waals surface area contributed by atoms with Gasteiger partial charge in [-0.1, -0.05) is 20.8 Å². The van der Waals surface area contributed by atoms with Gasteiger partial charge >= 0.3 is 0 Å². The minimum atomic E-state index is -0.271. The number of aliphatic hydroxyl groups is 1. The normalized spacial score (nSPS) is 25.8. The molecule has 4 heteroatoms. The third-order valence-electron chi connectivity index (χ3n) is 3.90. The maximum atomic E-state index is 9.94. The molecule has 0 bridgehead atoms. The molecule has 4 nitrogen and oxygen atoms in total. The highest BCUT2D eigenvalue weighted by molar-refractivity contribution is 4.77. The highest BCUT2D eigenvalue weighted by Gasteiger charge is 2.26. The zero-order chi connectivity index (χ0) is 13.4. The number of hydrogen-bond acceptors (Lipinski definition) is 4. The highest BCUT2D eigenvalue weighted by atomic mass is 16.5. The molecule has 0 aliphatic carbocycles. The van der Waals surface area contributed by atoms with Crippen LogP contribution in [0, 0.1) is 5.92 Å². The van der Waals surface area contributed by atoms with Crippen molar-refractivity contribution < 1.29 is 9.84 Å². The van der Waals surface area contributed by atoms with Gasteiger partial charge in [0.15, 0.2) is 0 Å². The molecule has 0 saturated carbocycles. The summed E-state index contributed by atoms with van der Waals surface area (Å²) >= 11 is 0. The Morgan fingerprint density at radius 2 is 2.06 bits per heavy atom. The zero-order valence-electron chi connectivity index (χ0n) is 12.2. The predicted molar refractivity (Wildman–Crippen MR) is 74.8 cm³/mol. The van der Waals surface area contributed by atoms with Gasteiger partial charge in [0.1, 0.15) is 0 Å². The molecule has 108 valence electrons. The molecule has 1 aliphatic heterocycles. The Bertz CT molecular complexity index is 210. The summed E-state index contributed by atoms with van der Waals surface area (Å²) < 4.78 is 5.66. The van der Waals surface area contributed by atoms with Crippen LogP contribution in [0.5, 0.6) is 0 Å². The summed E-state index contributed by atoms with van der Waals surface area (Å²) in [5.41, 5.74) is 0. The molecule has 1 heterocycles. The van der Waals surface area contributed by atoms with Crippen LogP contribution in [0.3, 0.4) is 0 Å². The Labute approximate surface area is 112 Å². The Balaban J connectivity index is 2.13. The van der Waals surface area contributed by atoms with E-state index in [1.807, 2.05) is 0 Å². The van der Waals surface area contributed by atoms with E-state index in [1.54, 1.807) is 0 Å². The van der Waals surface area contributed by atoms with Crippen LogP contribution in [0.1, 0.15) is 33.6 Å². The molecule has 0 aromatic carbocycles. The largest absolute Gasteiger partial charge is 0.390 e. The van der Waals surface area contributed by atoms with E-state index in [9.17, 15) is 5.11 Å². The molecule has 3 unspecified atom stereocenters. The van der Waals surface area contributed by atoms with Crippen molar-refractivity contribution in [3.63, 3.8) is 0 Å². The first-order chi connectivity index (χ1) is 8.71. The van der Waals surface area contributed by atoms with Gasteiger partial charge in [-0.15, -0.1) is 0 Å². The fraction of sp³-hybridized carbons (Fsp3) is 1.00. The van der Waals surface area contributed by atoms with E-state index in [2.05, 4.69) is 31.0 Å². The average molecular weight is 258 g/mol. The second-order valence-corrected chi connectivity index (χ2v) is 5.16. The lowest BCUT2D eigenvalue weighted by atomic mass is 10.00. The first-order valence-corrected chi connectivity index (χ1v) is 7.43. The number of aliphatic hydroxyl groups excluding tert-OH is 1. The third kappa shape index (κ3) is 5.22. The maximum absolute atomic E-state index is 9.94. The Morgan fingerprint density at radius 1 is 1.33 bits per heavy atom. The summed E-state index contributed by atoms with van der Waals surface area (Å²) in [6.07, 6.45) is 2.39. The molecule has 0 aromatic heterocycles. The van der Waals surface area contributed by atoms with Crippen molar-refractivity contribution in [3.8, 4) is 0 Å². The molecule has 1 saturated heterocycles. The number of ether oxygens (including phenoxy) is 1. The second-order valence-electron chi connectivity index (χ2n) is 5.16. The number of likely N-dealkylation sites (N-methyl/N-ethyl adjacent to an activating group) is 1. The quantitative estimate of drug-likeness (QED) is 0.650. The summed E-state index contributed by atoms with van der Waals surface area (Å²) in [4.78, 5) is 2.25. The minimum Gasteiger partial charge on any atom is -0.390 e. The van der Waals surface area contributed by atoms with Gasteiger partial charge in [0.25, 0.3) is 0 Å². The molecule has 0 radical (unpaired) electrons. The van der Waals surface area contributed by atoms with Crippen molar-refractivity contribution in [1.82, 2.24) is 10.2 Å². The van der Waals surface area contributed by atoms with Gasteiger partial charge in [-0.3, -0.25) is 0 Å². The van der Waals surface area contributed by atoms with Gasteiger partial charge in [0, 0.05) is 26.2 Å². The summed E-state index contributed by atoms with van der Waals surface area (Å²) in [7, 11) is 0. The molecule has 0 spiro atoms. The van der Waals surface area contributed by atoms with Crippen LogP contribution in [0.15, 0.2) is 0 Å². The van der Waals surface area contributed by atoms with Crippen molar-refractivity contribution in [2.24, 2.45) is 5.92 Å². The van der Waals surface area contributed by atoms with Crippen LogP contribution < -0.4 is 5.32 Å². The fourth-order valence-electron chi connectivity index (χ4n) is 2.66. The SMILES string of the molecule is CCC1OCCC1CNCC(O)CN(CC)CC. The summed E-state index contributed by atoms with van der Waals surface area (Å²) in [5.74, 6) is 0.621. The van der Waals surface area contributed by atoms with Crippen LogP contribution in [-0.2, 0) is 4.74 Å². The van der Waals surface area contributed by atoms with E-state index < -0.39 is 0 Å². The molecule has 3 atom stereocenters. The summed E-state index contributed by atoms with van der Waals surface area (Å²) in [6.45, 7) is 11.8. The van der Waals surface area contributed by atoms with Gasteiger partial charge in [-0.05, 0) is 31.8 Å². The van der Waals surface area contributed by atoms with E-state index in [1.165, 1.54) is 0 Å². The zero-order valence-corrected chi connectivity index (χ0v) is 12.2. The van der Waals surface area contributed by atoms with Gasteiger partial charge in [-0.25, -0.2) is 0 Å². The van der Waals surface area contributed by atoms with Gasteiger partial charge in [0.2, 0.25) is 0 Å². The Kier molecular flexibility index (Phi) is 7.82. The molecule has 2 N–H and O–H groups in total. The topological polar surface area (TPSA) is 44.7 Å². The molecule has 1 fully saturated rings. The van der Waals surface area contributed by atoms with Crippen LogP contribution in [0.25, 0.3) is 0 Å². The van der Waals surface area contributed by atoms with Gasteiger partial charge in [-0.2, -0.15) is 0 Å². The van der Waals surface area contributed by atoms with Crippen molar-refractivity contribution in [2.45, 2.75) is 45.8 Å². The van der Waals surface area contributed by atoms with Gasteiger partial charge < -0.3 is 20.1 Å². The van der Waals surface area contributed by atoms with E-state index >= 15 is 0 Å². The predicted octanol–water partition coefficient (Wildman–Crippen LogP) is 1.09. The first kappa shape index (κ1) is 15.9. The number of nitrogens with zero attached hydrogens (tertiary/aromatic N) is 1. The average Bonchev–Trinajstić information content (AvgIpc) is 2.83. The number of rotatable bonds is 9. The molecule has 1 rings (SSSR count). The van der Waals surface area contributed by atoms with Crippen molar-refractivity contribution >= 4 is 0 Å². The molecular weight excluding hydrogens is 228 g/mol. The van der Waals surface area contributed by atoms with Crippen LogP contribution in [0.2, 0.25) is 0 Å². The molecule has 0 amide bonds. The molecular formula is C14H30N2O2. The summed E-state index contributed by atoms with van der Waals surface area (Å²) in [6, 6.07) is 0. The van der Waals surface area contributed by atoms with E-state index in [0.717, 1.165) is 45.6 Å². The second kappa shape index (κ2) is 8.86. The number of nitrogens with one attached hydrogen (secondary N) is 1. The lowest BCUT2D eigenvalue weighted by Crippen LogP contribution is -2.40. The molecule has 0 aromatic rings. The van der Waals surface area contributed by atoms with E-state index in [-0.39, 0.29) is 6.10 Å². The van der Waals surface area contributed by atoms with Gasteiger partial charge in [0.05, 0.1) is 12.2 Å². The Morgan fingerprint density at radius 3 is 2.67 bits per heavy atom. The Hall–Kier alpha value is -0.160. The summed E-state index contributed by atoms with van der Waals surface area (Å²) in [5, 5.41) is 13.3. The monoisotopic (exact) mass is 258 g/mol. The van der Waals surface area contributed by atoms with Crippen LogP contribution in [0.4, 0.5) is 0 Å². The molecule has 1 aliphatic rings. The molecule has 18 heavy (non-hydrogen) atoms. The maximum Gasteiger partial charge on any atom is 0.0791 e. The standard InChI is InChI=1S/C14H30N2O2/c1-4-14-12(7-8-18-14)9-15-10-13(17)11-16(5-2)6-3/h12-15,17H,4-11H2,1-3H3. The fourth-order valence-corrected chi connectivity index (χ4v) is 2.66. The van der Waals surface area contributed by atoms with Crippen LogP contribution >= 0.6 is 0 Å². The third-order valence-corrected chi connectivity index (χ3v) is 3.90. The highest BCUT2D eigenvalue weighted by Crippen LogP contribution is 2.22. The van der Waals surface area contributed by atoms with Crippen molar-refractivity contribution in [1.29, 1.82) is 0 Å². The first-order valence-electron chi connectivity index (χ1n) is 7.43. The van der Waals surface area contributed by atoms with E-state index in [0.29, 0.717) is 18.6 Å². The lowest BCUT2D eigenvalue weighted by molar-refractivity contribution is 0.0837. The van der Waals surface area contributed by atoms with Crippen molar-refractivity contribution in [2.75, 3.05) is 39.3 Å². The smallest absolute Gasteiger partial charge is 0.0791 e. The lowest BCUT2D eigenvalue weighted by Gasteiger charge is -2.23. The van der Waals surface area contributed by atoms with Crippen LogP contribution in [-0.4, -0.2) is 61.5 Å². The minimum absolute atomic E-state index is 0.271. The van der Waals surface area contributed by atoms with Crippen molar-refractivity contribution in [3.05, 3.63) is 0 Å². The van der Waals surface area contributed by atoms with E-state index in [4.69, 9.17) is 4.74 Å².